The third-order valence-electron chi connectivity index (χ3n) is 4.18. The van der Waals surface area contributed by atoms with E-state index >= 15 is 0 Å². The zero-order chi connectivity index (χ0) is 21.0. The molecule has 3 rings (SSSR count). The smallest absolute Gasteiger partial charge is 0.374 e. The van der Waals surface area contributed by atoms with E-state index in [1.165, 1.54) is 0 Å². The van der Waals surface area contributed by atoms with Crippen LogP contribution in [0.3, 0.4) is 0 Å². The van der Waals surface area contributed by atoms with Gasteiger partial charge in [0.1, 0.15) is 23.3 Å². The molecule has 0 saturated carbocycles. The summed E-state index contributed by atoms with van der Waals surface area (Å²) in [5.41, 5.74) is 0.958. The monoisotopic (exact) mass is 393 g/mol. The predicted octanol–water partition coefficient (Wildman–Crippen LogP) is 0.160. The van der Waals surface area contributed by atoms with Crippen molar-refractivity contribution >= 4 is 28.8 Å². The molecule has 1 aromatic carbocycles. The van der Waals surface area contributed by atoms with Gasteiger partial charge in [0.25, 0.3) is 0 Å². The van der Waals surface area contributed by atoms with Crippen molar-refractivity contribution in [2.75, 3.05) is 31.2 Å². The van der Waals surface area contributed by atoms with Gasteiger partial charge in [0.05, 0.1) is 18.9 Å². The molecule has 29 heavy (non-hydrogen) atoms. The van der Waals surface area contributed by atoms with Gasteiger partial charge in [-0.05, 0) is 24.3 Å². The first-order valence-corrected chi connectivity index (χ1v) is 8.45. The van der Waals surface area contributed by atoms with Gasteiger partial charge in [0, 0.05) is 18.8 Å². The van der Waals surface area contributed by atoms with Gasteiger partial charge < -0.3 is 20.2 Å². The van der Waals surface area contributed by atoms with Crippen LogP contribution in [0.25, 0.3) is 5.57 Å². The fourth-order valence-electron chi connectivity index (χ4n) is 2.91. The molecule has 1 aliphatic rings. The molecule has 0 spiro atoms. The molecule has 0 atom stereocenters. The molecule has 0 unspecified atom stereocenters. The lowest BCUT2D eigenvalue weighted by Gasteiger charge is -2.22. The number of hydrogen-bond acceptors (Lipinski definition) is 9. The molecule has 11 nitrogen and oxygen atoms in total. The summed E-state index contributed by atoms with van der Waals surface area (Å²) < 4.78 is 1.07. The number of nitrogens with zero attached hydrogens (tertiary/aromatic N) is 7. The molecule has 2 heterocycles. The van der Waals surface area contributed by atoms with E-state index in [-0.39, 0.29) is 36.0 Å². The second-order valence-electron chi connectivity index (χ2n) is 5.85. The number of aromatic carboxylic acids is 1. The van der Waals surface area contributed by atoms with Crippen molar-refractivity contribution in [2.24, 2.45) is 4.99 Å². The number of nitriles is 2. The lowest BCUT2D eigenvalue weighted by molar-refractivity contribution is 0.0681. The number of aliphatic hydroxyl groups is 2. The third kappa shape index (κ3) is 3.55. The van der Waals surface area contributed by atoms with Gasteiger partial charge in [-0.3, -0.25) is 4.57 Å². The topological polar surface area (TPSA) is 172 Å². The number of fused-ring (bicyclic) bond motifs is 1. The van der Waals surface area contributed by atoms with Gasteiger partial charge in [0.2, 0.25) is 5.82 Å². The van der Waals surface area contributed by atoms with Gasteiger partial charge in [-0.1, -0.05) is 0 Å². The first-order valence-electron chi connectivity index (χ1n) is 8.45. The quantitative estimate of drug-likeness (QED) is 0.592. The molecule has 146 valence electrons. The minimum absolute atomic E-state index is 0.0447. The molecular weight excluding hydrogens is 378 g/mol. The second-order valence-corrected chi connectivity index (χ2v) is 5.85. The van der Waals surface area contributed by atoms with Gasteiger partial charge in [-0.25, -0.2) is 9.79 Å². The number of aliphatic imine (C=N–C) groups is 1. The molecule has 1 aromatic heterocycles. The zero-order valence-corrected chi connectivity index (χ0v) is 15.0. The molecule has 0 aliphatic carbocycles. The maximum Gasteiger partial charge on any atom is 0.374 e. The van der Waals surface area contributed by atoms with Crippen molar-refractivity contribution in [3.8, 4) is 12.1 Å². The molecule has 2 aromatic rings. The van der Waals surface area contributed by atoms with Crippen LogP contribution in [-0.4, -0.2) is 68.2 Å². The Morgan fingerprint density at radius 1 is 1.07 bits per heavy atom. The number of aromatic nitrogens is 3. The Kier molecular flexibility index (Phi) is 5.64. The van der Waals surface area contributed by atoms with Crippen LogP contribution in [0.2, 0.25) is 0 Å². The SMILES string of the molecule is N#CC1=C(C#N)c2nnc(C(=O)O)n2C1=Nc1ccc(N(CCO)CCO)cc1. The van der Waals surface area contributed by atoms with Crippen molar-refractivity contribution < 1.29 is 20.1 Å². The standard InChI is InChI=1S/C18H15N7O4/c19-9-13-14(10-20)16-22-23-17(18(28)29)25(16)15(13)21-11-1-3-12(4-2-11)24(5-7-26)6-8-27/h1-4,26-27H,5-8H2,(H,28,29). The van der Waals surface area contributed by atoms with Crippen molar-refractivity contribution in [3.63, 3.8) is 0 Å². The van der Waals surface area contributed by atoms with Crippen LogP contribution in [0, 0.1) is 22.7 Å². The maximum absolute atomic E-state index is 11.4. The van der Waals surface area contributed by atoms with E-state index in [1.807, 2.05) is 12.1 Å². The van der Waals surface area contributed by atoms with Crippen LogP contribution in [0.1, 0.15) is 16.4 Å². The van der Waals surface area contributed by atoms with Crippen LogP contribution < -0.4 is 4.90 Å². The number of benzene rings is 1. The number of anilines is 1. The number of aliphatic hydroxyl groups excluding tert-OH is 2. The normalized spacial score (nSPS) is 13.9. The van der Waals surface area contributed by atoms with Crippen LogP contribution in [0.15, 0.2) is 34.8 Å². The molecule has 11 heteroatoms. The molecule has 0 radical (unpaired) electrons. The molecule has 0 amide bonds. The van der Waals surface area contributed by atoms with E-state index in [0.29, 0.717) is 18.8 Å². The summed E-state index contributed by atoms with van der Waals surface area (Å²) in [6.45, 7) is 0.526. The predicted molar refractivity (Wildman–Crippen MR) is 100 cm³/mol. The lowest BCUT2D eigenvalue weighted by atomic mass is 10.1. The molecule has 1 aliphatic heterocycles. The fourth-order valence-corrected chi connectivity index (χ4v) is 2.91. The first-order chi connectivity index (χ1) is 14.0. The van der Waals surface area contributed by atoms with Crippen LogP contribution in [0.5, 0.6) is 0 Å². The molecule has 3 N–H and O–H groups in total. The van der Waals surface area contributed by atoms with Gasteiger partial charge in [0.15, 0.2) is 11.7 Å². The summed E-state index contributed by atoms with van der Waals surface area (Å²) in [6.07, 6.45) is 0. The molecule has 0 saturated heterocycles. The van der Waals surface area contributed by atoms with Crippen molar-refractivity contribution in [2.45, 2.75) is 0 Å². The van der Waals surface area contributed by atoms with E-state index in [4.69, 9.17) is 10.2 Å². The summed E-state index contributed by atoms with van der Waals surface area (Å²) in [5, 5.41) is 53.7. The van der Waals surface area contributed by atoms with Crippen LogP contribution in [0.4, 0.5) is 11.4 Å². The zero-order valence-electron chi connectivity index (χ0n) is 15.0. The molecule has 0 bridgehead atoms. The highest BCUT2D eigenvalue weighted by atomic mass is 16.4. The number of hydrogen-bond donors (Lipinski definition) is 3. The third-order valence-corrected chi connectivity index (χ3v) is 4.18. The van der Waals surface area contributed by atoms with E-state index in [1.54, 1.807) is 29.2 Å². The average molecular weight is 393 g/mol. The number of carboxylic acids is 1. The van der Waals surface area contributed by atoms with E-state index in [2.05, 4.69) is 15.2 Å². The Bertz CT molecular complexity index is 1080. The molecule has 0 fully saturated rings. The Morgan fingerprint density at radius 3 is 2.21 bits per heavy atom. The van der Waals surface area contributed by atoms with E-state index < -0.39 is 11.8 Å². The Balaban J connectivity index is 2.05. The maximum atomic E-state index is 11.4. The number of carboxylic acid groups (broad SMARTS) is 1. The van der Waals surface area contributed by atoms with Crippen molar-refractivity contribution in [3.05, 3.63) is 41.5 Å². The summed E-state index contributed by atoms with van der Waals surface area (Å²) >= 11 is 0. The van der Waals surface area contributed by atoms with Crippen molar-refractivity contribution in [1.29, 1.82) is 10.5 Å². The lowest BCUT2D eigenvalue weighted by Crippen LogP contribution is -2.29. The minimum atomic E-state index is -1.37. The van der Waals surface area contributed by atoms with Gasteiger partial charge in [-0.2, -0.15) is 10.5 Å². The van der Waals surface area contributed by atoms with Crippen LogP contribution in [-0.2, 0) is 0 Å². The van der Waals surface area contributed by atoms with Gasteiger partial charge >= 0.3 is 5.97 Å². The highest BCUT2D eigenvalue weighted by molar-refractivity contribution is 6.18. The van der Waals surface area contributed by atoms with Crippen LogP contribution >= 0.6 is 0 Å². The summed E-state index contributed by atoms with van der Waals surface area (Å²) in [6, 6.07) is 10.4. The summed E-state index contributed by atoms with van der Waals surface area (Å²) in [4.78, 5) is 17.6. The Hall–Kier alpha value is -4.06. The average Bonchev–Trinajstić information content (AvgIpc) is 3.26. The number of rotatable bonds is 7. The number of allylic oxidation sites excluding steroid dienone is 2. The highest BCUT2D eigenvalue weighted by Gasteiger charge is 2.35. The van der Waals surface area contributed by atoms with Gasteiger partial charge in [-0.15, -0.1) is 10.2 Å². The first kappa shape index (κ1) is 19.7. The minimum Gasteiger partial charge on any atom is -0.475 e. The number of carbonyl (C=O) groups is 1. The Labute approximate surface area is 164 Å². The highest BCUT2D eigenvalue weighted by Crippen LogP contribution is 2.29. The Morgan fingerprint density at radius 2 is 1.69 bits per heavy atom. The summed E-state index contributed by atoms with van der Waals surface area (Å²) in [5.74, 6) is -1.91. The van der Waals surface area contributed by atoms with E-state index in [9.17, 15) is 20.4 Å². The van der Waals surface area contributed by atoms with Crippen molar-refractivity contribution in [1.82, 2.24) is 14.8 Å². The summed E-state index contributed by atoms with van der Waals surface area (Å²) in [7, 11) is 0. The molecular formula is C18H15N7O4. The second kappa shape index (κ2) is 8.31. The largest absolute Gasteiger partial charge is 0.475 e. The van der Waals surface area contributed by atoms with E-state index in [0.717, 1.165) is 10.3 Å². The fraction of sp³-hybridized carbons (Fsp3) is 0.222.